The molecule has 16 heavy (non-hydrogen) atoms. The van der Waals surface area contributed by atoms with Gasteiger partial charge in [-0.3, -0.25) is 10.1 Å². The van der Waals surface area contributed by atoms with E-state index in [0.29, 0.717) is 11.5 Å². The second-order valence-electron chi connectivity index (χ2n) is 2.76. The Labute approximate surface area is 97.5 Å². The molecular weight excluding hydrogens is 232 g/mol. The van der Waals surface area contributed by atoms with Crippen LogP contribution in [0.3, 0.4) is 0 Å². The van der Waals surface area contributed by atoms with Gasteiger partial charge in [0.2, 0.25) is 0 Å². The lowest BCUT2D eigenvalue weighted by atomic mass is 10.2. The van der Waals surface area contributed by atoms with Crippen LogP contribution in [0.1, 0.15) is 10.4 Å². The quantitative estimate of drug-likeness (QED) is 0.643. The SMILES string of the molecule is COc1cc(C(=O)NC#N)cc(Cl)c1OC. The molecule has 1 rings (SSSR count). The maximum Gasteiger partial charge on any atom is 0.264 e. The molecule has 0 fully saturated rings. The predicted octanol–water partition coefficient (Wildman–Crippen LogP) is 1.57. The molecule has 0 aliphatic rings. The highest BCUT2D eigenvalue weighted by atomic mass is 35.5. The van der Waals surface area contributed by atoms with Crippen LogP contribution in [0.4, 0.5) is 0 Å². The molecule has 0 aliphatic heterocycles. The number of nitriles is 1. The van der Waals surface area contributed by atoms with Gasteiger partial charge in [-0.15, -0.1) is 0 Å². The maximum absolute atomic E-state index is 11.4. The van der Waals surface area contributed by atoms with E-state index in [0.717, 1.165) is 0 Å². The van der Waals surface area contributed by atoms with Crippen LogP contribution in [0.2, 0.25) is 5.02 Å². The van der Waals surface area contributed by atoms with Gasteiger partial charge < -0.3 is 9.47 Å². The van der Waals surface area contributed by atoms with Crippen LogP contribution in [-0.4, -0.2) is 20.1 Å². The largest absolute Gasteiger partial charge is 0.493 e. The van der Waals surface area contributed by atoms with E-state index in [9.17, 15) is 4.79 Å². The summed E-state index contributed by atoms with van der Waals surface area (Å²) in [6.45, 7) is 0. The molecule has 1 aromatic rings. The van der Waals surface area contributed by atoms with Gasteiger partial charge in [0.1, 0.15) is 0 Å². The Balaban J connectivity index is 3.21. The second-order valence-corrected chi connectivity index (χ2v) is 3.17. The van der Waals surface area contributed by atoms with Crippen molar-refractivity contribution < 1.29 is 14.3 Å². The molecule has 0 bridgehead atoms. The van der Waals surface area contributed by atoms with E-state index >= 15 is 0 Å². The molecule has 0 radical (unpaired) electrons. The third kappa shape index (κ3) is 2.35. The normalized spacial score (nSPS) is 9.12. The van der Waals surface area contributed by atoms with Gasteiger partial charge in [0.05, 0.1) is 19.2 Å². The molecule has 0 saturated heterocycles. The number of hydrogen-bond acceptors (Lipinski definition) is 4. The summed E-state index contributed by atoms with van der Waals surface area (Å²) in [5, 5.41) is 10.6. The third-order valence-corrected chi connectivity index (χ3v) is 2.15. The summed E-state index contributed by atoms with van der Waals surface area (Å²) in [7, 11) is 2.87. The van der Waals surface area contributed by atoms with Crippen molar-refractivity contribution in [1.29, 1.82) is 5.26 Å². The number of nitrogens with zero attached hydrogens (tertiary/aromatic N) is 1. The Morgan fingerprint density at radius 1 is 1.44 bits per heavy atom. The highest BCUT2D eigenvalue weighted by Gasteiger charge is 2.14. The van der Waals surface area contributed by atoms with E-state index in [1.165, 1.54) is 32.5 Å². The fourth-order valence-corrected chi connectivity index (χ4v) is 1.46. The lowest BCUT2D eigenvalue weighted by Crippen LogP contribution is -2.17. The molecule has 0 saturated carbocycles. The molecule has 0 unspecified atom stereocenters. The van der Waals surface area contributed by atoms with Crippen molar-refractivity contribution in [3.05, 3.63) is 22.7 Å². The lowest BCUT2D eigenvalue weighted by molar-refractivity contribution is 0.0972. The van der Waals surface area contributed by atoms with Crippen LogP contribution < -0.4 is 14.8 Å². The maximum atomic E-state index is 11.4. The van der Waals surface area contributed by atoms with Crippen molar-refractivity contribution in [2.24, 2.45) is 0 Å². The van der Waals surface area contributed by atoms with Crippen molar-refractivity contribution in [2.45, 2.75) is 0 Å². The van der Waals surface area contributed by atoms with Crippen LogP contribution in [-0.2, 0) is 0 Å². The molecule has 84 valence electrons. The fourth-order valence-electron chi connectivity index (χ4n) is 1.17. The van der Waals surface area contributed by atoms with Crippen LogP contribution in [0.15, 0.2) is 12.1 Å². The topological polar surface area (TPSA) is 71.3 Å². The van der Waals surface area contributed by atoms with E-state index in [1.807, 2.05) is 5.32 Å². The van der Waals surface area contributed by atoms with Crippen molar-refractivity contribution in [3.8, 4) is 17.7 Å². The van der Waals surface area contributed by atoms with Crippen molar-refractivity contribution in [3.63, 3.8) is 0 Å². The van der Waals surface area contributed by atoms with Gasteiger partial charge in [0.25, 0.3) is 5.91 Å². The van der Waals surface area contributed by atoms with Gasteiger partial charge >= 0.3 is 0 Å². The first-order valence-electron chi connectivity index (χ1n) is 4.25. The molecule has 5 nitrogen and oxygen atoms in total. The Kier molecular flexibility index (Phi) is 3.97. The van der Waals surface area contributed by atoms with E-state index in [1.54, 1.807) is 0 Å². The third-order valence-electron chi connectivity index (χ3n) is 1.87. The number of nitrogens with one attached hydrogen (secondary N) is 1. The number of carbonyl (C=O) groups is 1. The summed E-state index contributed by atoms with van der Waals surface area (Å²) in [5.74, 6) is 0.126. The summed E-state index contributed by atoms with van der Waals surface area (Å²) >= 11 is 5.89. The fraction of sp³-hybridized carbons (Fsp3) is 0.200. The minimum atomic E-state index is -0.551. The number of hydrogen-bond donors (Lipinski definition) is 1. The second kappa shape index (κ2) is 5.24. The zero-order chi connectivity index (χ0) is 12.1. The molecule has 1 N–H and O–H groups in total. The number of benzene rings is 1. The number of rotatable bonds is 3. The standard InChI is InChI=1S/C10H9ClN2O3/c1-15-8-4-6(10(14)13-5-12)3-7(11)9(8)16-2/h3-4H,1-2H3,(H,13,14). The van der Waals surface area contributed by atoms with Crippen LogP contribution in [0, 0.1) is 11.5 Å². The summed E-state index contributed by atoms with van der Waals surface area (Å²) in [6, 6.07) is 2.84. The van der Waals surface area contributed by atoms with Crippen LogP contribution in [0.5, 0.6) is 11.5 Å². The van der Waals surface area contributed by atoms with Crippen molar-refractivity contribution in [2.75, 3.05) is 14.2 Å². The predicted molar refractivity (Wildman–Crippen MR) is 57.6 cm³/mol. The average Bonchev–Trinajstić information content (AvgIpc) is 2.28. The van der Waals surface area contributed by atoms with Gasteiger partial charge in [-0.25, -0.2) is 0 Å². The smallest absolute Gasteiger partial charge is 0.264 e. The van der Waals surface area contributed by atoms with E-state index in [-0.39, 0.29) is 10.6 Å². The Morgan fingerprint density at radius 2 is 2.12 bits per heavy atom. The number of amides is 1. The molecule has 0 aromatic heterocycles. The van der Waals surface area contributed by atoms with Gasteiger partial charge in [0, 0.05) is 5.56 Å². The van der Waals surface area contributed by atoms with Gasteiger partial charge in [-0.2, -0.15) is 5.26 Å². The molecule has 6 heteroatoms. The van der Waals surface area contributed by atoms with E-state index in [2.05, 4.69) is 0 Å². The molecule has 0 heterocycles. The molecule has 1 aromatic carbocycles. The first-order chi connectivity index (χ1) is 7.63. The Morgan fingerprint density at radius 3 is 2.62 bits per heavy atom. The van der Waals surface area contributed by atoms with Crippen molar-refractivity contribution >= 4 is 17.5 Å². The van der Waals surface area contributed by atoms with Gasteiger partial charge in [-0.05, 0) is 12.1 Å². The van der Waals surface area contributed by atoms with Crippen molar-refractivity contribution in [1.82, 2.24) is 5.32 Å². The first-order valence-corrected chi connectivity index (χ1v) is 4.62. The molecule has 0 aliphatic carbocycles. The average molecular weight is 241 g/mol. The Bertz CT molecular complexity index is 454. The monoisotopic (exact) mass is 240 g/mol. The summed E-state index contributed by atoms with van der Waals surface area (Å²) in [6.07, 6.45) is 1.54. The molecular formula is C10H9ClN2O3. The molecule has 0 spiro atoms. The number of halogens is 1. The lowest BCUT2D eigenvalue weighted by Gasteiger charge is -2.10. The summed E-state index contributed by atoms with van der Waals surface area (Å²) in [4.78, 5) is 11.4. The van der Waals surface area contributed by atoms with Gasteiger partial charge in [0.15, 0.2) is 17.7 Å². The molecule has 0 atom stereocenters. The zero-order valence-electron chi connectivity index (χ0n) is 8.70. The number of methoxy groups -OCH3 is 2. The minimum Gasteiger partial charge on any atom is -0.493 e. The zero-order valence-corrected chi connectivity index (χ0v) is 9.46. The highest BCUT2D eigenvalue weighted by Crippen LogP contribution is 2.35. The molecule has 1 amide bonds. The van der Waals surface area contributed by atoms with E-state index in [4.69, 9.17) is 26.3 Å². The Hall–Kier alpha value is -1.93. The number of ether oxygens (including phenoxy) is 2. The summed E-state index contributed by atoms with van der Waals surface area (Å²) < 4.78 is 10.0. The van der Waals surface area contributed by atoms with Crippen LogP contribution >= 0.6 is 11.6 Å². The van der Waals surface area contributed by atoms with E-state index < -0.39 is 5.91 Å². The van der Waals surface area contributed by atoms with Crippen LogP contribution in [0.25, 0.3) is 0 Å². The van der Waals surface area contributed by atoms with Gasteiger partial charge in [-0.1, -0.05) is 11.6 Å². The minimum absolute atomic E-state index is 0.226. The summed E-state index contributed by atoms with van der Waals surface area (Å²) in [5.41, 5.74) is 0.226. The number of carbonyl (C=O) groups excluding carboxylic acids is 1. The highest BCUT2D eigenvalue weighted by molar-refractivity contribution is 6.32. The first kappa shape index (κ1) is 12.1.